The minimum Gasteiger partial charge on any atom is -0.363 e. The molecule has 0 aromatic carbocycles. The van der Waals surface area contributed by atoms with Gasteiger partial charge in [-0.3, -0.25) is 14.5 Å². The minimum atomic E-state index is -0.741. The lowest BCUT2D eigenvalue weighted by molar-refractivity contribution is -0.132. The van der Waals surface area contributed by atoms with Crippen LogP contribution in [-0.4, -0.2) is 57.9 Å². The number of likely N-dealkylation sites (N-methyl/N-ethyl adjacent to an activating group) is 1. The number of hydrogen-bond donors (Lipinski definition) is 1. The summed E-state index contributed by atoms with van der Waals surface area (Å²) in [6.45, 7) is 3.83. The summed E-state index contributed by atoms with van der Waals surface area (Å²) in [6.07, 6.45) is 1.99. The second kappa shape index (κ2) is 7.69. The van der Waals surface area contributed by atoms with Crippen LogP contribution in [0.2, 0.25) is 0 Å². The van der Waals surface area contributed by atoms with Crippen molar-refractivity contribution in [2.24, 2.45) is 5.73 Å². The first kappa shape index (κ1) is 16.9. The molecular weight excluding hydrogens is 300 g/mol. The van der Waals surface area contributed by atoms with Gasteiger partial charge in [0.2, 0.25) is 11.8 Å². The number of carbonyl (C=O) groups is 2. The van der Waals surface area contributed by atoms with Gasteiger partial charge in [-0.2, -0.15) is 10.2 Å². The molecule has 9 nitrogen and oxygen atoms in total. The third-order valence-electron chi connectivity index (χ3n) is 3.88. The lowest BCUT2D eigenvalue weighted by Gasteiger charge is -2.25. The van der Waals surface area contributed by atoms with Crippen LogP contribution in [-0.2, 0) is 4.79 Å². The zero-order valence-corrected chi connectivity index (χ0v) is 13.1. The number of nitrogens with two attached hydrogens (primary N) is 1. The summed E-state index contributed by atoms with van der Waals surface area (Å²) in [6, 6.07) is 1.86. The monoisotopic (exact) mass is 320 g/mol. The van der Waals surface area contributed by atoms with Crippen LogP contribution in [0.3, 0.4) is 0 Å². The van der Waals surface area contributed by atoms with E-state index in [-0.39, 0.29) is 24.3 Å². The highest BCUT2D eigenvalue weighted by Crippen LogP contribution is 2.30. The number of nitriles is 1. The lowest BCUT2D eigenvalue weighted by Crippen LogP contribution is -2.40. The van der Waals surface area contributed by atoms with Crippen molar-refractivity contribution in [3.8, 4) is 6.07 Å². The van der Waals surface area contributed by atoms with E-state index < -0.39 is 5.91 Å². The Morgan fingerprint density at radius 2 is 2.35 bits per heavy atom. The van der Waals surface area contributed by atoms with E-state index >= 15 is 0 Å². The molecule has 1 saturated heterocycles. The highest BCUT2D eigenvalue weighted by atomic mass is 16.5. The molecule has 1 aliphatic rings. The molecule has 0 unspecified atom stereocenters. The maximum Gasteiger partial charge on any atom is 0.290 e. The van der Waals surface area contributed by atoms with Gasteiger partial charge < -0.3 is 15.2 Å². The summed E-state index contributed by atoms with van der Waals surface area (Å²) in [4.78, 5) is 31.0. The van der Waals surface area contributed by atoms with E-state index in [0.29, 0.717) is 25.4 Å². The highest BCUT2D eigenvalue weighted by molar-refractivity contribution is 5.88. The van der Waals surface area contributed by atoms with Gasteiger partial charge in [0, 0.05) is 13.1 Å². The van der Waals surface area contributed by atoms with E-state index in [9.17, 15) is 9.59 Å². The SMILES string of the molecule is CCN(CCC#N)C(=O)CN1CCC[C@H]1c1nc(C(N)=O)no1. The van der Waals surface area contributed by atoms with Gasteiger partial charge in [0.1, 0.15) is 0 Å². The van der Waals surface area contributed by atoms with Gasteiger partial charge >= 0.3 is 0 Å². The number of likely N-dealkylation sites (tertiary alicyclic amines) is 1. The first-order valence-electron chi connectivity index (χ1n) is 7.59. The minimum absolute atomic E-state index is 0.0377. The molecule has 23 heavy (non-hydrogen) atoms. The van der Waals surface area contributed by atoms with Crippen molar-refractivity contribution >= 4 is 11.8 Å². The van der Waals surface area contributed by atoms with Gasteiger partial charge in [-0.05, 0) is 26.3 Å². The summed E-state index contributed by atoms with van der Waals surface area (Å²) < 4.78 is 5.10. The number of carbonyl (C=O) groups excluding carboxylic acids is 2. The first-order valence-corrected chi connectivity index (χ1v) is 7.59. The molecule has 0 saturated carbocycles. The fraction of sp³-hybridized carbons (Fsp3) is 0.643. The molecule has 9 heteroatoms. The van der Waals surface area contributed by atoms with Gasteiger partial charge in [0.25, 0.3) is 11.7 Å². The average molecular weight is 320 g/mol. The summed E-state index contributed by atoms with van der Waals surface area (Å²) >= 11 is 0. The normalized spacial score (nSPS) is 17.8. The van der Waals surface area contributed by atoms with Gasteiger partial charge in [-0.1, -0.05) is 5.16 Å². The van der Waals surface area contributed by atoms with Crippen molar-refractivity contribution in [1.82, 2.24) is 19.9 Å². The summed E-state index contributed by atoms with van der Waals surface area (Å²) in [7, 11) is 0. The number of amides is 2. The molecule has 2 rings (SSSR count). The van der Waals surface area contributed by atoms with Crippen molar-refractivity contribution in [1.29, 1.82) is 5.26 Å². The van der Waals surface area contributed by atoms with Crippen LogP contribution in [0.25, 0.3) is 0 Å². The van der Waals surface area contributed by atoms with Crippen LogP contribution in [0.4, 0.5) is 0 Å². The number of aromatic nitrogens is 2. The van der Waals surface area contributed by atoms with Gasteiger partial charge in [-0.25, -0.2) is 0 Å². The molecule has 2 amide bonds. The van der Waals surface area contributed by atoms with Crippen LogP contribution < -0.4 is 5.73 Å². The smallest absolute Gasteiger partial charge is 0.290 e. The Bertz CT molecular complexity index is 608. The summed E-state index contributed by atoms with van der Waals surface area (Å²) in [5.41, 5.74) is 5.12. The molecule has 2 heterocycles. The highest BCUT2D eigenvalue weighted by Gasteiger charge is 2.33. The van der Waals surface area contributed by atoms with Crippen molar-refractivity contribution in [2.45, 2.75) is 32.2 Å². The molecule has 0 aliphatic carbocycles. The van der Waals surface area contributed by atoms with Crippen LogP contribution >= 0.6 is 0 Å². The van der Waals surface area contributed by atoms with Crippen LogP contribution in [0, 0.1) is 11.3 Å². The molecule has 1 aliphatic heterocycles. The molecule has 124 valence electrons. The van der Waals surface area contributed by atoms with E-state index in [1.54, 1.807) is 4.90 Å². The van der Waals surface area contributed by atoms with Gasteiger partial charge in [0.05, 0.1) is 25.1 Å². The Balaban J connectivity index is 2.02. The number of hydrogen-bond acceptors (Lipinski definition) is 7. The number of primary amides is 1. The van der Waals surface area contributed by atoms with Crippen molar-refractivity contribution < 1.29 is 14.1 Å². The standard InChI is InChI=1S/C14H20N6O3/c1-2-19(8-4-6-15)11(21)9-20-7-3-5-10(20)14-17-13(12(16)22)18-23-14/h10H,2-5,7-9H2,1H3,(H2,16,22)/t10-/m0/s1. The number of nitrogens with zero attached hydrogens (tertiary/aromatic N) is 5. The van der Waals surface area contributed by atoms with Gasteiger partial charge in [0.15, 0.2) is 0 Å². The lowest BCUT2D eigenvalue weighted by atomic mass is 10.2. The van der Waals surface area contributed by atoms with Crippen molar-refractivity contribution in [3.05, 3.63) is 11.7 Å². The second-order valence-corrected chi connectivity index (χ2v) is 5.33. The molecule has 1 fully saturated rings. The molecule has 1 atom stereocenters. The molecule has 1 aromatic rings. The molecule has 0 spiro atoms. The Morgan fingerprint density at radius 3 is 2.96 bits per heavy atom. The maximum absolute atomic E-state index is 12.4. The predicted molar refractivity (Wildman–Crippen MR) is 78.8 cm³/mol. The second-order valence-electron chi connectivity index (χ2n) is 5.33. The molecule has 2 N–H and O–H groups in total. The Kier molecular flexibility index (Phi) is 5.65. The summed E-state index contributed by atoms with van der Waals surface area (Å²) in [5, 5.41) is 12.2. The largest absolute Gasteiger partial charge is 0.363 e. The predicted octanol–water partition coefficient (Wildman–Crippen LogP) is 0.0676. The van der Waals surface area contributed by atoms with E-state index in [1.165, 1.54) is 0 Å². The van der Waals surface area contributed by atoms with E-state index in [1.807, 2.05) is 17.9 Å². The van der Waals surface area contributed by atoms with Crippen LogP contribution in [0.5, 0.6) is 0 Å². The fourth-order valence-corrected chi connectivity index (χ4v) is 2.68. The van der Waals surface area contributed by atoms with Crippen LogP contribution in [0.15, 0.2) is 4.52 Å². The van der Waals surface area contributed by atoms with E-state index in [2.05, 4.69) is 10.1 Å². The fourth-order valence-electron chi connectivity index (χ4n) is 2.68. The molecule has 0 bridgehead atoms. The first-order chi connectivity index (χ1) is 11.1. The Labute approximate surface area is 134 Å². The quantitative estimate of drug-likeness (QED) is 0.752. The Morgan fingerprint density at radius 1 is 1.57 bits per heavy atom. The van der Waals surface area contributed by atoms with Gasteiger partial charge in [-0.15, -0.1) is 0 Å². The van der Waals surface area contributed by atoms with Crippen LogP contribution in [0.1, 0.15) is 48.7 Å². The molecule has 1 aromatic heterocycles. The third-order valence-corrected chi connectivity index (χ3v) is 3.88. The van der Waals surface area contributed by atoms with E-state index in [0.717, 1.165) is 19.4 Å². The zero-order chi connectivity index (χ0) is 16.8. The molecule has 0 radical (unpaired) electrons. The Hall–Kier alpha value is -2.47. The van der Waals surface area contributed by atoms with Crippen molar-refractivity contribution in [2.75, 3.05) is 26.2 Å². The average Bonchev–Trinajstić information content (AvgIpc) is 3.16. The maximum atomic E-state index is 12.4. The zero-order valence-electron chi connectivity index (χ0n) is 13.1. The number of rotatable bonds is 7. The summed E-state index contributed by atoms with van der Waals surface area (Å²) in [5.74, 6) is -0.620. The molecular formula is C14H20N6O3. The van der Waals surface area contributed by atoms with E-state index in [4.69, 9.17) is 15.5 Å². The van der Waals surface area contributed by atoms with Crippen molar-refractivity contribution in [3.63, 3.8) is 0 Å². The topological polar surface area (TPSA) is 129 Å². The third kappa shape index (κ3) is 4.04.